The largest absolute Gasteiger partial charge is 0.344 e. The molecule has 0 atom stereocenters. The Balaban J connectivity index is 1.76. The Morgan fingerprint density at radius 1 is 1.10 bits per heavy atom. The molecule has 1 aromatic carbocycles. The molecule has 0 aliphatic heterocycles. The summed E-state index contributed by atoms with van der Waals surface area (Å²) in [5.74, 6) is -0.623. The molecule has 0 unspecified atom stereocenters. The van der Waals surface area contributed by atoms with Gasteiger partial charge in [-0.05, 0) is 19.9 Å². The van der Waals surface area contributed by atoms with E-state index in [0.717, 1.165) is 27.1 Å². The molecule has 0 fully saturated rings. The van der Waals surface area contributed by atoms with E-state index >= 15 is 0 Å². The lowest BCUT2D eigenvalue weighted by Gasteiger charge is -2.08. The molecule has 0 bridgehead atoms. The van der Waals surface area contributed by atoms with Crippen molar-refractivity contribution in [2.45, 2.75) is 20.4 Å². The van der Waals surface area contributed by atoms with Gasteiger partial charge in [-0.3, -0.25) is 14.4 Å². The Kier molecular flexibility index (Phi) is 5.88. The number of hydrogen-bond donors (Lipinski definition) is 1. The monoisotopic (exact) mass is 411 g/mol. The topological polar surface area (TPSA) is 97.2 Å². The van der Waals surface area contributed by atoms with E-state index in [4.69, 9.17) is 0 Å². The maximum Gasteiger partial charge on any atom is 0.267 e. The molecule has 9 heteroatoms. The molecule has 0 aliphatic carbocycles. The van der Waals surface area contributed by atoms with Gasteiger partial charge in [0.2, 0.25) is 5.91 Å². The maximum atomic E-state index is 12.4. The van der Waals surface area contributed by atoms with Crippen LogP contribution in [0.2, 0.25) is 0 Å². The van der Waals surface area contributed by atoms with Crippen LogP contribution in [-0.2, 0) is 11.3 Å². The number of benzene rings is 1. The Bertz CT molecular complexity index is 1120. The van der Waals surface area contributed by atoms with Gasteiger partial charge in [-0.25, -0.2) is 9.67 Å². The smallest absolute Gasteiger partial charge is 0.267 e. The number of carbonyl (C=O) groups is 2. The molecule has 2 heterocycles. The second-order valence-corrected chi connectivity index (χ2v) is 7.76. The summed E-state index contributed by atoms with van der Waals surface area (Å²) in [6, 6.07) is 10.7. The van der Waals surface area contributed by atoms with E-state index in [0.29, 0.717) is 21.4 Å². The van der Waals surface area contributed by atoms with Crippen LogP contribution in [0.15, 0.2) is 41.2 Å². The van der Waals surface area contributed by atoms with Crippen LogP contribution in [0.4, 0.5) is 5.13 Å². The summed E-state index contributed by atoms with van der Waals surface area (Å²) in [5.41, 5.74) is 2.73. The molecular formula is C20H21N5O3S. The van der Waals surface area contributed by atoms with Crippen molar-refractivity contribution in [3.8, 4) is 11.3 Å². The first kappa shape index (κ1) is 20.4. The molecule has 3 rings (SSSR count). The normalized spacial score (nSPS) is 10.6. The molecule has 29 heavy (non-hydrogen) atoms. The first-order chi connectivity index (χ1) is 13.7. The van der Waals surface area contributed by atoms with Crippen LogP contribution in [-0.4, -0.2) is 45.6 Å². The minimum absolute atomic E-state index is 0.177. The molecule has 2 aromatic heterocycles. The van der Waals surface area contributed by atoms with Crippen LogP contribution in [0.5, 0.6) is 0 Å². The number of nitrogens with one attached hydrogen (secondary N) is 1. The molecule has 0 spiro atoms. The molecular weight excluding hydrogens is 390 g/mol. The Morgan fingerprint density at radius 3 is 2.45 bits per heavy atom. The van der Waals surface area contributed by atoms with E-state index in [9.17, 15) is 14.4 Å². The third-order valence-electron chi connectivity index (χ3n) is 4.15. The number of carbonyl (C=O) groups excluding carboxylic acids is 2. The van der Waals surface area contributed by atoms with E-state index in [1.165, 1.54) is 11.0 Å². The summed E-state index contributed by atoms with van der Waals surface area (Å²) in [5, 5.41) is 7.24. The number of hydrogen-bond acceptors (Lipinski definition) is 6. The first-order valence-corrected chi connectivity index (χ1v) is 9.70. The van der Waals surface area contributed by atoms with Gasteiger partial charge in [-0.2, -0.15) is 5.10 Å². The maximum absolute atomic E-state index is 12.4. The summed E-state index contributed by atoms with van der Waals surface area (Å²) in [4.78, 5) is 42.8. The van der Waals surface area contributed by atoms with E-state index < -0.39 is 5.91 Å². The summed E-state index contributed by atoms with van der Waals surface area (Å²) in [6.45, 7) is 3.44. The quantitative estimate of drug-likeness (QED) is 0.695. The molecule has 3 aromatic rings. The summed E-state index contributed by atoms with van der Waals surface area (Å²) >= 11 is 1.10. The highest BCUT2D eigenvalue weighted by atomic mass is 32.1. The fourth-order valence-corrected chi connectivity index (χ4v) is 3.59. The Labute approximate surface area is 171 Å². The average Bonchev–Trinajstić information content (AvgIpc) is 3.03. The predicted molar refractivity (Wildman–Crippen MR) is 112 cm³/mol. The molecule has 2 amide bonds. The highest BCUT2D eigenvalue weighted by Gasteiger charge is 2.18. The van der Waals surface area contributed by atoms with Crippen molar-refractivity contribution < 1.29 is 9.59 Å². The van der Waals surface area contributed by atoms with Gasteiger partial charge in [0.1, 0.15) is 11.4 Å². The molecule has 8 nitrogen and oxygen atoms in total. The predicted octanol–water partition coefficient (Wildman–Crippen LogP) is 2.32. The van der Waals surface area contributed by atoms with Gasteiger partial charge < -0.3 is 10.2 Å². The van der Waals surface area contributed by atoms with Crippen LogP contribution in [0, 0.1) is 13.8 Å². The second kappa shape index (κ2) is 8.36. The van der Waals surface area contributed by atoms with Crippen LogP contribution in [0.1, 0.15) is 20.9 Å². The summed E-state index contributed by atoms with van der Waals surface area (Å²) in [7, 11) is 3.30. The third-order valence-corrected chi connectivity index (χ3v) is 5.21. The fraction of sp³-hybridized carbons (Fsp3) is 0.250. The molecule has 0 radical (unpaired) electrons. The second-order valence-electron chi connectivity index (χ2n) is 6.76. The van der Waals surface area contributed by atoms with E-state index in [1.54, 1.807) is 27.1 Å². The average molecular weight is 411 g/mol. The number of thiazole rings is 1. The summed E-state index contributed by atoms with van der Waals surface area (Å²) in [6.07, 6.45) is 0. The van der Waals surface area contributed by atoms with Gasteiger partial charge in [0.15, 0.2) is 5.13 Å². The van der Waals surface area contributed by atoms with Gasteiger partial charge in [0.05, 0.1) is 11.4 Å². The lowest BCUT2D eigenvalue weighted by atomic mass is 10.1. The number of rotatable bonds is 5. The van der Waals surface area contributed by atoms with Crippen molar-refractivity contribution in [1.29, 1.82) is 0 Å². The standard InChI is InChI=1S/C20H21N5O3S/c1-12-5-7-14(8-6-12)15-9-10-17(27)25(23-15)11-16(26)22-20-21-13(2)18(29-20)19(28)24(3)4/h5-10H,11H2,1-4H3,(H,21,22,26). The van der Waals surface area contributed by atoms with Crippen LogP contribution >= 0.6 is 11.3 Å². The first-order valence-electron chi connectivity index (χ1n) is 8.88. The van der Waals surface area contributed by atoms with Gasteiger partial charge in [-0.1, -0.05) is 41.2 Å². The Morgan fingerprint density at radius 2 is 1.79 bits per heavy atom. The molecule has 1 N–H and O–H groups in total. The van der Waals surface area contributed by atoms with Gasteiger partial charge in [0.25, 0.3) is 11.5 Å². The summed E-state index contributed by atoms with van der Waals surface area (Å²) < 4.78 is 1.11. The van der Waals surface area contributed by atoms with E-state index in [-0.39, 0.29) is 18.0 Å². The zero-order valence-electron chi connectivity index (χ0n) is 16.6. The van der Waals surface area contributed by atoms with Crippen LogP contribution in [0.25, 0.3) is 11.3 Å². The molecule has 0 saturated heterocycles. The molecule has 150 valence electrons. The van der Waals surface area contributed by atoms with Gasteiger partial charge in [-0.15, -0.1) is 0 Å². The van der Waals surface area contributed by atoms with Crippen LogP contribution in [0.3, 0.4) is 0 Å². The number of amides is 2. The highest BCUT2D eigenvalue weighted by Crippen LogP contribution is 2.23. The zero-order valence-corrected chi connectivity index (χ0v) is 17.4. The van der Waals surface area contributed by atoms with E-state index in [2.05, 4.69) is 15.4 Å². The fourth-order valence-electron chi connectivity index (χ4n) is 2.59. The van der Waals surface area contributed by atoms with Crippen molar-refractivity contribution in [3.63, 3.8) is 0 Å². The minimum Gasteiger partial charge on any atom is -0.344 e. The minimum atomic E-state index is -0.446. The van der Waals surface area contributed by atoms with Crippen molar-refractivity contribution in [2.75, 3.05) is 19.4 Å². The molecule has 0 aliphatic rings. The molecule has 0 saturated carbocycles. The lowest BCUT2D eigenvalue weighted by molar-refractivity contribution is -0.117. The van der Waals surface area contributed by atoms with Crippen molar-refractivity contribution in [1.82, 2.24) is 19.7 Å². The Hall–Kier alpha value is -3.33. The number of nitrogens with zero attached hydrogens (tertiary/aromatic N) is 4. The SMILES string of the molecule is Cc1ccc(-c2ccc(=O)n(CC(=O)Nc3nc(C)c(C(=O)N(C)C)s3)n2)cc1. The van der Waals surface area contributed by atoms with E-state index in [1.807, 2.05) is 31.2 Å². The van der Waals surface area contributed by atoms with Crippen LogP contribution < -0.4 is 10.9 Å². The van der Waals surface area contributed by atoms with Gasteiger partial charge >= 0.3 is 0 Å². The number of aromatic nitrogens is 3. The third kappa shape index (κ3) is 4.75. The van der Waals surface area contributed by atoms with Crippen molar-refractivity contribution in [3.05, 3.63) is 62.9 Å². The number of anilines is 1. The highest BCUT2D eigenvalue weighted by molar-refractivity contribution is 7.17. The van der Waals surface area contributed by atoms with Gasteiger partial charge in [0, 0.05) is 25.7 Å². The number of aryl methyl sites for hydroxylation is 2. The van der Waals surface area contributed by atoms with Crippen molar-refractivity contribution >= 4 is 28.3 Å². The zero-order chi connectivity index (χ0) is 21.1. The lowest BCUT2D eigenvalue weighted by Crippen LogP contribution is -2.29. The van der Waals surface area contributed by atoms with Crippen molar-refractivity contribution in [2.24, 2.45) is 0 Å².